The second-order valence-electron chi connectivity index (χ2n) is 16.2. The first-order valence-corrected chi connectivity index (χ1v) is 17.6. The minimum atomic E-state index is -0.951. The Bertz CT molecular complexity index is 1500. The van der Waals surface area contributed by atoms with Gasteiger partial charge in [0.2, 0.25) is 11.8 Å². The zero-order valence-corrected chi connectivity index (χ0v) is 30.1. The molecule has 1 N–H and O–H groups in total. The van der Waals surface area contributed by atoms with Gasteiger partial charge in [-0.2, -0.15) is 0 Å². The van der Waals surface area contributed by atoms with Gasteiger partial charge in [-0.3, -0.25) is 4.79 Å². The number of methoxy groups -OCH3 is 1. The fourth-order valence-corrected chi connectivity index (χ4v) is 6.95. The molecular formula is C37H54N4O7. The summed E-state index contributed by atoms with van der Waals surface area (Å²) in [5, 5.41) is 2.88. The van der Waals surface area contributed by atoms with Crippen molar-refractivity contribution in [1.82, 2.24) is 20.2 Å². The topological polar surface area (TPSA) is 129 Å². The first-order valence-electron chi connectivity index (χ1n) is 17.6. The molecule has 3 aliphatic rings. The van der Waals surface area contributed by atoms with E-state index in [9.17, 15) is 14.4 Å². The first kappa shape index (κ1) is 35.7. The molecule has 0 radical (unpaired) electrons. The summed E-state index contributed by atoms with van der Waals surface area (Å²) in [6.07, 6.45) is 4.62. The number of rotatable bonds is 4. The maximum atomic E-state index is 14.6. The van der Waals surface area contributed by atoms with Crippen molar-refractivity contribution in [1.29, 1.82) is 0 Å². The number of carbonyl (C=O) groups is 3. The molecule has 11 nitrogen and oxygen atoms in total. The Balaban J connectivity index is 1.60. The number of amides is 2. The van der Waals surface area contributed by atoms with Crippen LogP contribution in [0, 0.1) is 23.2 Å². The molecule has 1 aliphatic carbocycles. The van der Waals surface area contributed by atoms with Crippen molar-refractivity contribution in [3.8, 4) is 11.6 Å². The van der Waals surface area contributed by atoms with Gasteiger partial charge in [0.15, 0.2) is 0 Å². The van der Waals surface area contributed by atoms with Crippen LogP contribution in [0.2, 0.25) is 0 Å². The van der Waals surface area contributed by atoms with Crippen LogP contribution in [0.1, 0.15) is 99.6 Å². The second-order valence-corrected chi connectivity index (χ2v) is 16.2. The van der Waals surface area contributed by atoms with Crippen LogP contribution < -0.4 is 14.8 Å². The molecule has 11 heteroatoms. The highest BCUT2D eigenvalue weighted by Gasteiger charge is 2.53. The SMILES string of the molecule is COc1ccc2nc3c(nc2c1)O[C@H]1CN(C(=O)[C@H](C(C)(C)C)NC(=O)O[C@@H]2C[C@H]2CCCCC3)[C@H](C(=O)OC(C)(C)C)[C@@H]1CC(C)C. The van der Waals surface area contributed by atoms with E-state index in [1.54, 1.807) is 12.0 Å². The number of fused-ring (bicyclic) bond motifs is 5. The van der Waals surface area contributed by atoms with E-state index in [0.29, 0.717) is 35.9 Å². The number of nitrogens with zero attached hydrogens (tertiary/aromatic N) is 3. The minimum Gasteiger partial charge on any atom is -0.497 e. The fourth-order valence-electron chi connectivity index (χ4n) is 6.95. The van der Waals surface area contributed by atoms with Gasteiger partial charge in [-0.05, 0) is 82.3 Å². The molecule has 5 rings (SSSR count). The van der Waals surface area contributed by atoms with Crippen LogP contribution in [0.15, 0.2) is 18.2 Å². The summed E-state index contributed by atoms with van der Waals surface area (Å²) in [5.74, 6) is 0.301. The van der Waals surface area contributed by atoms with Crippen LogP contribution in [0.5, 0.6) is 11.6 Å². The Morgan fingerprint density at radius 2 is 1.77 bits per heavy atom. The molecular weight excluding hydrogens is 612 g/mol. The maximum absolute atomic E-state index is 14.6. The van der Waals surface area contributed by atoms with Crippen LogP contribution in [-0.2, 0) is 25.5 Å². The number of hydrogen-bond donors (Lipinski definition) is 1. The maximum Gasteiger partial charge on any atom is 0.408 e. The van der Waals surface area contributed by atoms with Gasteiger partial charge in [-0.1, -0.05) is 47.5 Å². The average Bonchev–Trinajstić information content (AvgIpc) is 3.62. The quantitative estimate of drug-likeness (QED) is 0.377. The minimum absolute atomic E-state index is 0.116. The lowest BCUT2D eigenvalue weighted by Crippen LogP contribution is -2.58. The lowest BCUT2D eigenvalue weighted by molar-refractivity contribution is -0.165. The summed E-state index contributed by atoms with van der Waals surface area (Å²) >= 11 is 0. The van der Waals surface area contributed by atoms with Crippen molar-refractivity contribution >= 4 is 29.0 Å². The summed E-state index contributed by atoms with van der Waals surface area (Å²) in [5.41, 5.74) is 0.683. The summed E-state index contributed by atoms with van der Waals surface area (Å²) in [7, 11) is 1.61. The summed E-state index contributed by atoms with van der Waals surface area (Å²) in [6.45, 7) is 15.4. The molecule has 1 saturated carbocycles. The largest absolute Gasteiger partial charge is 0.497 e. The van der Waals surface area contributed by atoms with Crippen LogP contribution in [-0.4, -0.2) is 76.4 Å². The van der Waals surface area contributed by atoms with Crippen molar-refractivity contribution in [2.24, 2.45) is 23.2 Å². The lowest BCUT2D eigenvalue weighted by Gasteiger charge is -2.36. The van der Waals surface area contributed by atoms with Gasteiger partial charge in [0.05, 0.1) is 24.7 Å². The summed E-state index contributed by atoms with van der Waals surface area (Å²) in [4.78, 5) is 53.4. The molecule has 2 aromatic rings. The number of alkyl carbamates (subject to hydrolysis) is 1. The Labute approximate surface area is 284 Å². The number of benzene rings is 1. The molecule has 0 unspecified atom stereocenters. The summed E-state index contributed by atoms with van der Waals surface area (Å²) in [6, 6.07) is 3.72. The molecule has 264 valence electrons. The van der Waals surface area contributed by atoms with Crippen LogP contribution in [0.25, 0.3) is 11.0 Å². The number of aromatic nitrogens is 2. The highest BCUT2D eigenvalue weighted by atomic mass is 16.6. The number of hydrogen-bond acceptors (Lipinski definition) is 9. The van der Waals surface area contributed by atoms with Crippen molar-refractivity contribution in [2.75, 3.05) is 13.7 Å². The van der Waals surface area contributed by atoms with Gasteiger partial charge in [-0.25, -0.2) is 19.6 Å². The molecule has 1 saturated heterocycles. The van der Waals surface area contributed by atoms with Gasteiger partial charge in [0, 0.05) is 12.0 Å². The van der Waals surface area contributed by atoms with Gasteiger partial charge in [-0.15, -0.1) is 0 Å². The Morgan fingerprint density at radius 1 is 1.02 bits per heavy atom. The third-order valence-electron chi connectivity index (χ3n) is 9.42. The van der Waals surface area contributed by atoms with E-state index in [-0.39, 0.29) is 24.5 Å². The van der Waals surface area contributed by atoms with E-state index in [1.807, 2.05) is 59.7 Å². The van der Waals surface area contributed by atoms with Crippen LogP contribution >= 0.6 is 0 Å². The van der Waals surface area contributed by atoms with E-state index in [1.165, 1.54) is 0 Å². The Kier molecular flexibility index (Phi) is 10.5. The Hall–Kier alpha value is -3.63. The van der Waals surface area contributed by atoms with E-state index >= 15 is 0 Å². The van der Waals surface area contributed by atoms with Crippen molar-refractivity contribution in [3.05, 3.63) is 23.9 Å². The number of ether oxygens (including phenoxy) is 4. The molecule has 2 fully saturated rings. The molecule has 1 aromatic carbocycles. The molecule has 2 bridgehead atoms. The smallest absolute Gasteiger partial charge is 0.408 e. The normalized spacial score (nSPS) is 27.2. The summed E-state index contributed by atoms with van der Waals surface area (Å²) < 4.78 is 24.0. The van der Waals surface area contributed by atoms with E-state index < -0.39 is 47.2 Å². The van der Waals surface area contributed by atoms with Gasteiger partial charge < -0.3 is 29.2 Å². The number of aryl methyl sites for hydroxylation is 1. The van der Waals surface area contributed by atoms with Gasteiger partial charge >= 0.3 is 12.1 Å². The highest BCUT2D eigenvalue weighted by Crippen LogP contribution is 2.40. The zero-order valence-electron chi connectivity index (χ0n) is 30.1. The van der Waals surface area contributed by atoms with E-state index in [2.05, 4.69) is 19.2 Å². The third-order valence-corrected chi connectivity index (χ3v) is 9.42. The number of carbonyl (C=O) groups excluding carboxylic acids is 3. The molecule has 1 aromatic heterocycles. The van der Waals surface area contributed by atoms with Crippen molar-refractivity contribution in [3.63, 3.8) is 0 Å². The lowest BCUT2D eigenvalue weighted by atomic mass is 9.85. The fraction of sp³-hybridized carbons (Fsp3) is 0.703. The predicted octanol–water partition coefficient (Wildman–Crippen LogP) is 6.25. The average molecular weight is 667 g/mol. The van der Waals surface area contributed by atoms with Crippen LogP contribution in [0.3, 0.4) is 0 Å². The molecule has 48 heavy (non-hydrogen) atoms. The number of nitrogens with one attached hydrogen (secondary N) is 1. The van der Waals surface area contributed by atoms with Gasteiger partial charge in [0.1, 0.15) is 41.3 Å². The molecule has 2 amide bonds. The highest BCUT2D eigenvalue weighted by molar-refractivity contribution is 5.91. The van der Waals surface area contributed by atoms with Crippen molar-refractivity contribution in [2.45, 2.75) is 130 Å². The number of esters is 1. The molecule has 3 heterocycles. The molecule has 6 atom stereocenters. The third kappa shape index (κ3) is 8.50. The Morgan fingerprint density at radius 3 is 2.44 bits per heavy atom. The molecule has 0 spiro atoms. The standard InChI is InChI=1S/C37H54N4O7/c1-21(2)17-24-29-20-41(30(24)34(43)48-37(6,7)8)33(42)31(36(3,4)5)40-35(44)47-28-18-22(28)13-11-10-12-14-26-32(46-29)39-27-19-23(45-9)15-16-25(27)38-26/h15-16,19,21-22,24,28-31H,10-14,17-18,20H2,1-9H3,(H,40,44)/t22-,24-,28-,29+,30+,31-/m1/s1. The first-order chi connectivity index (χ1) is 22.5. The van der Waals surface area contributed by atoms with E-state index in [4.69, 9.17) is 28.9 Å². The zero-order chi connectivity index (χ0) is 35.0. The molecule has 2 aliphatic heterocycles. The van der Waals surface area contributed by atoms with Crippen LogP contribution in [0.4, 0.5) is 4.79 Å². The van der Waals surface area contributed by atoms with Crippen molar-refractivity contribution < 1.29 is 33.3 Å². The predicted molar refractivity (Wildman–Crippen MR) is 182 cm³/mol. The van der Waals surface area contributed by atoms with E-state index in [0.717, 1.165) is 43.3 Å². The van der Waals surface area contributed by atoms with Gasteiger partial charge in [0.25, 0.3) is 0 Å². The second kappa shape index (κ2) is 14.1. The monoisotopic (exact) mass is 666 g/mol.